The van der Waals surface area contributed by atoms with Crippen LogP contribution in [0.15, 0.2) is 36.4 Å². The summed E-state index contributed by atoms with van der Waals surface area (Å²) < 4.78 is 27.2. The van der Waals surface area contributed by atoms with Crippen LogP contribution in [0.25, 0.3) is 11.1 Å². The molecule has 0 N–H and O–H groups in total. The Labute approximate surface area is 188 Å². The van der Waals surface area contributed by atoms with Crippen molar-refractivity contribution in [2.24, 2.45) is 0 Å². The number of carbonyl (C=O) groups excluding carboxylic acids is 1. The van der Waals surface area contributed by atoms with Crippen molar-refractivity contribution in [1.29, 1.82) is 0 Å². The first-order chi connectivity index (χ1) is 15.5. The zero-order valence-corrected chi connectivity index (χ0v) is 18.5. The highest BCUT2D eigenvalue weighted by Crippen LogP contribution is 2.28. The summed E-state index contributed by atoms with van der Waals surface area (Å²) in [5, 5.41) is 0. The summed E-state index contributed by atoms with van der Waals surface area (Å²) in [7, 11) is 0. The molecule has 2 fully saturated rings. The summed E-state index contributed by atoms with van der Waals surface area (Å²) in [6, 6.07) is 10.3. The first kappa shape index (κ1) is 21.5. The second-order valence-electron chi connectivity index (χ2n) is 9.46. The summed E-state index contributed by atoms with van der Waals surface area (Å²) in [6.45, 7) is 5.70. The van der Waals surface area contributed by atoms with E-state index in [9.17, 15) is 13.6 Å². The molecule has 0 bridgehead atoms. The SMILES string of the molecule is O=C(CN1CCc2cc(-c3cc(F)cc(F)c3)ccc2C1)N1CCN(C2CCCC2)CC1. The van der Waals surface area contributed by atoms with Crippen LogP contribution in [0.5, 0.6) is 0 Å². The highest BCUT2D eigenvalue weighted by Gasteiger charge is 2.29. The summed E-state index contributed by atoms with van der Waals surface area (Å²) >= 11 is 0. The van der Waals surface area contributed by atoms with Crippen molar-refractivity contribution >= 4 is 5.91 Å². The molecule has 0 radical (unpaired) electrons. The monoisotopic (exact) mass is 439 g/mol. The highest BCUT2D eigenvalue weighted by molar-refractivity contribution is 5.78. The highest BCUT2D eigenvalue weighted by atomic mass is 19.1. The molecule has 2 aliphatic heterocycles. The van der Waals surface area contributed by atoms with Gasteiger partial charge in [-0.1, -0.05) is 31.0 Å². The maximum absolute atomic E-state index is 13.6. The number of benzene rings is 2. The van der Waals surface area contributed by atoms with Gasteiger partial charge in [-0.05, 0) is 53.6 Å². The molecule has 6 heteroatoms. The molecule has 1 saturated carbocycles. The van der Waals surface area contributed by atoms with Crippen molar-refractivity contribution in [2.45, 2.75) is 44.7 Å². The number of halogens is 2. The van der Waals surface area contributed by atoms with Crippen LogP contribution < -0.4 is 0 Å². The Morgan fingerprint density at radius 1 is 0.844 bits per heavy atom. The molecule has 1 saturated heterocycles. The van der Waals surface area contributed by atoms with Crippen molar-refractivity contribution in [2.75, 3.05) is 39.3 Å². The van der Waals surface area contributed by atoms with Gasteiger partial charge in [-0.2, -0.15) is 0 Å². The predicted molar refractivity (Wildman–Crippen MR) is 121 cm³/mol. The van der Waals surface area contributed by atoms with Gasteiger partial charge in [0.2, 0.25) is 5.91 Å². The molecule has 2 aromatic rings. The minimum atomic E-state index is -0.563. The largest absolute Gasteiger partial charge is 0.339 e. The zero-order valence-electron chi connectivity index (χ0n) is 18.5. The molecule has 0 aromatic heterocycles. The van der Waals surface area contributed by atoms with E-state index in [2.05, 4.69) is 9.80 Å². The van der Waals surface area contributed by atoms with Crippen LogP contribution in [0.1, 0.15) is 36.8 Å². The van der Waals surface area contributed by atoms with Gasteiger partial charge in [0.1, 0.15) is 11.6 Å². The number of hydrogen-bond donors (Lipinski definition) is 0. The van der Waals surface area contributed by atoms with E-state index in [1.54, 1.807) is 0 Å². The molecule has 32 heavy (non-hydrogen) atoms. The Balaban J connectivity index is 1.17. The molecule has 170 valence electrons. The van der Waals surface area contributed by atoms with Crippen molar-refractivity contribution in [3.63, 3.8) is 0 Å². The van der Waals surface area contributed by atoms with Gasteiger partial charge in [0.05, 0.1) is 6.54 Å². The van der Waals surface area contributed by atoms with Gasteiger partial charge in [0.25, 0.3) is 0 Å². The van der Waals surface area contributed by atoms with E-state index in [0.717, 1.165) is 63.4 Å². The van der Waals surface area contributed by atoms with Gasteiger partial charge in [-0.15, -0.1) is 0 Å². The van der Waals surface area contributed by atoms with Crippen LogP contribution in [-0.2, 0) is 17.8 Å². The normalized spacial score (nSPS) is 20.5. The van der Waals surface area contributed by atoms with Crippen LogP contribution in [0.4, 0.5) is 8.78 Å². The average molecular weight is 440 g/mol. The molecule has 2 heterocycles. The van der Waals surface area contributed by atoms with Gasteiger partial charge in [-0.3, -0.25) is 14.6 Å². The number of rotatable bonds is 4. The Bertz CT molecular complexity index is 961. The number of piperazine rings is 1. The Morgan fingerprint density at radius 3 is 2.28 bits per heavy atom. The third-order valence-corrected chi connectivity index (χ3v) is 7.36. The van der Waals surface area contributed by atoms with Crippen LogP contribution in [0, 0.1) is 11.6 Å². The van der Waals surface area contributed by atoms with E-state index in [0.29, 0.717) is 12.1 Å². The summed E-state index contributed by atoms with van der Waals surface area (Å²) in [5.41, 5.74) is 3.77. The second kappa shape index (κ2) is 9.28. The van der Waals surface area contributed by atoms with E-state index < -0.39 is 11.6 Å². The second-order valence-corrected chi connectivity index (χ2v) is 9.46. The Hall–Kier alpha value is -2.31. The molecular formula is C26H31F2N3O. The van der Waals surface area contributed by atoms with E-state index >= 15 is 0 Å². The number of amides is 1. The molecule has 0 unspecified atom stereocenters. The lowest BCUT2D eigenvalue weighted by Gasteiger charge is -2.39. The van der Waals surface area contributed by atoms with Gasteiger partial charge in [0, 0.05) is 51.4 Å². The Kier molecular flexibility index (Phi) is 6.24. The molecule has 0 atom stereocenters. The van der Waals surface area contributed by atoms with Gasteiger partial charge in [-0.25, -0.2) is 8.78 Å². The molecule has 2 aromatic carbocycles. The predicted octanol–water partition coefficient (Wildman–Crippen LogP) is 4.08. The van der Waals surface area contributed by atoms with Gasteiger partial charge >= 0.3 is 0 Å². The number of carbonyl (C=O) groups is 1. The standard InChI is InChI=1S/C26H31F2N3O/c27-23-14-22(15-24(28)16-23)19-5-6-21-17-29(8-7-20(21)13-19)18-26(32)31-11-9-30(10-12-31)25-3-1-2-4-25/h5-6,13-16,25H,1-4,7-12,17-18H2. The number of hydrogen-bond acceptors (Lipinski definition) is 3. The smallest absolute Gasteiger partial charge is 0.236 e. The lowest BCUT2D eigenvalue weighted by Crippen LogP contribution is -2.53. The average Bonchev–Trinajstić information content (AvgIpc) is 3.33. The molecule has 1 aliphatic carbocycles. The van der Waals surface area contributed by atoms with Crippen molar-refractivity contribution in [3.8, 4) is 11.1 Å². The van der Waals surface area contributed by atoms with Crippen LogP contribution in [0.3, 0.4) is 0 Å². The molecule has 5 rings (SSSR count). The van der Waals surface area contributed by atoms with E-state index in [-0.39, 0.29) is 5.91 Å². The quantitative estimate of drug-likeness (QED) is 0.719. The lowest BCUT2D eigenvalue weighted by molar-refractivity contribution is -0.134. The zero-order chi connectivity index (χ0) is 22.1. The molecular weight excluding hydrogens is 408 g/mol. The van der Waals surface area contributed by atoms with Crippen molar-refractivity contribution < 1.29 is 13.6 Å². The molecule has 4 nitrogen and oxygen atoms in total. The maximum atomic E-state index is 13.6. The fourth-order valence-corrected chi connectivity index (χ4v) is 5.54. The van der Waals surface area contributed by atoms with Crippen molar-refractivity contribution in [1.82, 2.24) is 14.7 Å². The third kappa shape index (κ3) is 4.71. The summed E-state index contributed by atoms with van der Waals surface area (Å²) in [4.78, 5) is 19.7. The molecule has 3 aliphatic rings. The minimum Gasteiger partial charge on any atom is -0.339 e. The van der Waals surface area contributed by atoms with E-state index in [1.807, 2.05) is 23.1 Å². The third-order valence-electron chi connectivity index (χ3n) is 7.36. The minimum absolute atomic E-state index is 0.228. The number of nitrogens with zero attached hydrogens (tertiary/aromatic N) is 3. The Morgan fingerprint density at radius 2 is 1.56 bits per heavy atom. The number of fused-ring (bicyclic) bond motifs is 1. The lowest BCUT2D eigenvalue weighted by atomic mass is 9.94. The molecule has 0 spiro atoms. The first-order valence-electron chi connectivity index (χ1n) is 11.9. The van der Waals surface area contributed by atoms with Crippen LogP contribution in [-0.4, -0.2) is 65.9 Å². The summed E-state index contributed by atoms with van der Waals surface area (Å²) in [6.07, 6.45) is 6.17. The fraction of sp³-hybridized carbons (Fsp3) is 0.500. The van der Waals surface area contributed by atoms with Gasteiger partial charge < -0.3 is 4.90 Å². The fourth-order valence-electron chi connectivity index (χ4n) is 5.54. The van der Waals surface area contributed by atoms with E-state index in [4.69, 9.17) is 0 Å². The van der Waals surface area contributed by atoms with E-state index in [1.165, 1.54) is 48.9 Å². The van der Waals surface area contributed by atoms with Gasteiger partial charge in [0.15, 0.2) is 0 Å². The van der Waals surface area contributed by atoms with Crippen molar-refractivity contribution in [3.05, 3.63) is 59.2 Å². The molecule has 1 amide bonds. The first-order valence-corrected chi connectivity index (χ1v) is 11.9. The van der Waals surface area contributed by atoms with Crippen LogP contribution in [0.2, 0.25) is 0 Å². The summed E-state index contributed by atoms with van der Waals surface area (Å²) in [5.74, 6) is -0.899. The topological polar surface area (TPSA) is 26.8 Å². The van der Waals surface area contributed by atoms with Crippen LogP contribution >= 0.6 is 0 Å². The maximum Gasteiger partial charge on any atom is 0.236 e.